The Balaban J connectivity index is 1.19. The molecule has 0 bridgehead atoms. The number of fused-ring (bicyclic) bond motifs is 1. The predicted octanol–water partition coefficient (Wildman–Crippen LogP) is 4.66. The molecule has 1 fully saturated rings. The number of amides is 2. The van der Waals surface area contributed by atoms with Crippen molar-refractivity contribution >= 4 is 17.6 Å². The van der Waals surface area contributed by atoms with Crippen LogP contribution in [0.25, 0.3) is 5.69 Å². The van der Waals surface area contributed by atoms with Gasteiger partial charge in [-0.15, -0.1) is 0 Å². The summed E-state index contributed by atoms with van der Waals surface area (Å²) in [5.74, 6) is -2.89. The number of aromatic nitrogens is 2. The van der Waals surface area contributed by atoms with E-state index in [2.05, 4.69) is 20.9 Å². The monoisotopic (exact) mass is 618 g/mol. The number of nitrogens with one attached hydrogen (secondary N) is 3. The Hall–Kier alpha value is -3.84. The number of nitrogens with zero attached hydrogens (tertiary/aromatic N) is 3. The van der Waals surface area contributed by atoms with Crippen LogP contribution in [0, 0.1) is 11.6 Å². The van der Waals surface area contributed by atoms with Crippen molar-refractivity contribution in [1.29, 1.82) is 0 Å². The summed E-state index contributed by atoms with van der Waals surface area (Å²) in [6.07, 6.45) is 1.62. The molecule has 1 saturated heterocycles. The second-order valence-electron chi connectivity index (χ2n) is 11.4. The van der Waals surface area contributed by atoms with Gasteiger partial charge in [-0.2, -0.15) is 13.2 Å². The van der Waals surface area contributed by atoms with Crippen molar-refractivity contribution in [2.75, 3.05) is 18.4 Å². The van der Waals surface area contributed by atoms with Gasteiger partial charge in [-0.25, -0.2) is 13.8 Å². The first-order valence-corrected chi connectivity index (χ1v) is 14.8. The van der Waals surface area contributed by atoms with E-state index in [1.807, 2.05) is 31.2 Å². The lowest BCUT2D eigenvalue weighted by atomic mass is 9.87. The minimum absolute atomic E-state index is 0.0183. The van der Waals surface area contributed by atoms with Crippen LogP contribution in [0.4, 0.5) is 27.8 Å². The fraction of sp³-hybridized carbons (Fsp3) is 0.452. The number of imidazole rings is 1. The summed E-state index contributed by atoms with van der Waals surface area (Å²) in [4.78, 5) is 30.0. The molecule has 13 heteroatoms. The van der Waals surface area contributed by atoms with Crippen molar-refractivity contribution in [3.8, 4) is 5.69 Å². The van der Waals surface area contributed by atoms with E-state index in [0.29, 0.717) is 55.6 Å². The summed E-state index contributed by atoms with van der Waals surface area (Å²) in [5.41, 5.74) is 2.79. The minimum Gasteiger partial charge on any atom is -0.333 e. The third-order valence-corrected chi connectivity index (χ3v) is 8.20. The summed E-state index contributed by atoms with van der Waals surface area (Å²) in [7, 11) is 0. The lowest BCUT2D eigenvalue weighted by Crippen LogP contribution is -2.48. The van der Waals surface area contributed by atoms with Crippen molar-refractivity contribution in [3.63, 3.8) is 0 Å². The number of para-hydroxylation sites is 1. The number of rotatable bonds is 10. The van der Waals surface area contributed by atoms with Crippen LogP contribution in [-0.4, -0.2) is 63.7 Å². The normalized spacial score (nSPS) is 19.1. The van der Waals surface area contributed by atoms with E-state index in [4.69, 9.17) is 0 Å². The van der Waals surface area contributed by atoms with Gasteiger partial charge in [0.2, 0.25) is 5.91 Å². The molecular weight excluding hydrogens is 583 g/mol. The van der Waals surface area contributed by atoms with Crippen molar-refractivity contribution < 1.29 is 31.5 Å². The SMILES string of the molecule is CCCC(N[C@H]1CCc2cc(F)cc(F)c2C1)C(=O)Nc1cn(-c2ccccc2CNC2CCN(C(=O)C(F)(F)F)C2)cn1. The van der Waals surface area contributed by atoms with Gasteiger partial charge in [-0.3, -0.25) is 9.59 Å². The number of alkyl halides is 3. The lowest BCUT2D eigenvalue weighted by Gasteiger charge is -2.29. The fourth-order valence-corrected chi connectivity index (χ4v) is 5.98. The zero-order chi connectivity index (χ0) is 31.4. The molecule has 8 nitrogen and oxygen atoms in total. The highest BCUT2D eigenvalue weighted by molar-refractivity contribution is 5.94. The Kier molecular flexibility index (Phi) is 9.64. The maximum atomic E-state index is 14.4. The van der Waals surface area contributed by atoms with Crippen LogP contribution in [0.1, 0.15) is 49.3 Å². The van der Waals surface area contributed by atoms with Crippen LogP contribution in [0.2, 0.25) is 0 Å². The largest absolute Gasteiger partial charge is 0.471 e. The van der Waals surface area contributed by atoms with Crippen LogP contribution < -0.4 is 16.0 Å². The molecule has 44 heavy (non-hydrogen) atoms. The average molecular weight is 619 g/mol. The van der Waals surface area contributed by atoms with Gasteiger partial charge in [-0.05, 0) is 60.9 Å². The highest BCUT2D eigenvalue weighted by Gasteiger charge is 2.44. The average Bonchev–Trinajstić information content (AvgIpc) is 3.65. The minimum atomic E-state index is -4.88. The van der Waals surface area contributed by atoms with Crippen molar-refractivity contribution in [3.05, 3.63) is 77.2 Å². The number of hydrogen-bond acceptors (Lipinski definition) is 5. The smallest absolute Gasteiger partial charge is 0.333 e. The molecule has 2 unspecified atom stereocenters. The third kappa shape index (κ3) is 7.44. The zero-order valence-corrected chi connectivity index (χ0v) is 24.3. The van der Waals surface area contributed by atoms with E-state index < -0.39 is 29.8 Å². The Morgan fingerprint density at radius 3 is 2.68 bits per heavy atom. The summed E-state index contributed by atoms with van der Waals surface area (Å²) in [6.45, 7) is 2.35. The third-order valence-electron chi connectivity index (χ3n) is 8.20. The first-order valence-electron chi connectivity index (χ1n) is 14.8. The maximum absolute atomic E-state index is 14.4. The first-order chi connectivity index (χ1) is 21.0. The molecule has 2 heterocycles. The zero-order valence-electron chi connectivity index (χ0n) is 24.3. The Morgan fingerprint density at radius 1 is 1.11 bits per heavy atom. The molecule has 2 amide bonds. The Labute approximate surface area is 252 Å². The Morgan fingerprint density at radius 2 is 1.91 bits per heavy atom. The number of benzene rings is 2. The van der Waals surface area contributed by atoms with Crippen LogP contribution >= 0.6 is 0 Å². The molecule has 2 aliphatic rings. The van der Waals surface area contributed by atoms with E-state index in [0.717, 1.165) is 28.6 Å². The second-order valence-corrected chi connectivity index (χ2v) is 11.4. The van der Waals surface area contributed by atoms with E-state index in [1.165, 1.54) is 6.07 Å². The van der Waals surface area contributed by atoms with Crippen molar-refractivity contribution in [1.82, 2.24) is 25.1 Å². The standard InChI is InChI=1S/C31H35F5N6O2/c1-2-5-26(39-22-9-8-19-12-21(32)13-25(33)24(19)14-22)29(43)40-28-17-42(18-38-28)27-7-4-3-6-20(27)15-37-23-10-11-41(16-23)30(44)31(34,35)36/h3-4,6-7,12-13,17-18,22-23,26,37,39H,2,5,8-11,14-16H2,1H3,(H,40,43)/t22-,23?,26?/m0/s1. The molecule has 5 rings (SSSR count). The van der Waals surface area contributed by atoms with Gasteiger partial charge < -0.3 is 25.4 Å². The number of hydrogen-bond donors (Lipinski definition) is 3. The molecule has 0 spiro atoms. The van der Waals surface area contributed by atoms with Gasteiger partial charge in [-0.1, -0.05) is 31.5 Å². The quantitative estimate of drug-likeness (QED) is 0.288. The van der Waals surface area contributed by atoms with Crippen molar-refractivity contribution in [2.24, 2.45) is 0 Å². The molecule has 3 N–H and O–H groups in total. The van der Waals surface area contributed by atoms with Crippen LogP contribution in [0.3, 0.4) is 0 Å². The summed E-state index contributed by atoms with van der Waals surface area (Å²) >= 11 is 0. The molecule has 1 aliphatic heterocycles. The highest BCUT2D eigenvalue weighted by atomic mass is 19.4. The molecule has 1 aliphatic carbocycles. The maximum Gasteiger partial charge on any atom is 0.471 e. The fourth-order valence-electron chi connectivity index (χ4n) is 5.98. The summed E-state index contributed by atoms with van der Waals surface area (Å²) in [5, 5.41) is 9.48. The van der Waals surface area contributed by atoms with Crippen LogP contribution in [-0.2, 0) is 29.0 Å². The predicted molar refractivity (Wildman–Crippen MR) is 154 cm³/mol. The summed E-state index contributed by atoms with van der Waals surface area (Å²) < 4.78 is 68.1. The van der Waals surface area contributed by atoms with Gasteiger partial charge >= 0.3 is 12.1 Å². The van der Waals surface area contributed by atoms with E-state index >= 15 is 0 Å². The van der Waals surface area contributed by atoms with E-state index in [-0.39, 0.29) is 31.1 Å². The summed E-state index contributed by atoms with van der Waals surface area (Å²) in [6, 6.07) is 8.76. The highest BCUT2D eigenvalue weighted by Crippen LogP contribution is 2.26. The molecule has 1 aromatic heterocycles. The second kappa shape index (κ2) is 13.4. The molecule has 0 radical (unpaired) electrons. The van der Waals surface area contributed by atoms with E-state index in [9.17, 15) is 31.5 Å². The lowest BCUT2D eigenvalue weighted by molar-refractivity contribution is -0.184. The number of anilines is 1. The van der Waals surface area contributed by atoms with Crippen LogP contribution in [0.15, 0.2) is 48.9 Å². The van der Waals surface area contributed by atoms with Gasteiger partial charge in [0.25, 0.3) is 0 Å². The molecular formula is C31H35F5N6O2. The molecule has 0 saturated carbocycles. The molecule has 2 aromatic carbocycles. The number of carbonyl (C=O) groups is 2. The van der Waals surface area contributed by atoms with Crippen LogP contribution in [0.5, 0.6) is 0 Å². The topological polar surface area (TPSA) is 91.3 Å². The Bertz CT molecular complexity index is 1490. The van der Waals surface area contributed by atoms with Crippen molar-refractivity contribution in [2.45, 2.75) is 76.3 Å². The number of halogens is 5. The van der Waals surface area contributed by atoms with Gasteiger partial charge in [0, 0.05) is 37.8 Å². The first kappa shape index (κ1) is 31.6. The van der Waals surface area contributed by atoms with Gasteiger partial charge in [0.1, 0.15) is 18.0 Å². The molecule has 3 atom stereocenters. The van der Waals surface area contributed by atoms with Gasteiger partial charge in [0.05, 0.1) is 17.9 Å². The number of aryl methyl sites for hydroxylation is 1. The van der Waals surface area contributed by atoms with Gasteiger partial charge in [0.15, 0.2) is 5.82 Å². The number of carbonyl (C=O) groups excluding carboxylic acids is 2. The molecule has 3 aromatic rings. The number of likely N-dealkylation sites (tertiary alicyclic amines) is 1. The molecule has 236 valence electrons. The van der Waals surface area contributed by atoms with E-state index in [1.54, 1.807) is 17.1 Å².